The molecule has 1 aromatic rings. The molecule has 0 bridgehead atoms. The van der Waals surface area contributed by atoms with E-state index >= 15 is 0 Å². The van der Waals surface area contributed by atoms with Gasteiger partial charge in [0, 0.05) is 19.9 Å². The number of carboxylic acids is 1. The van der Waals surface area contributed by atoms with Crippen LogP contribution in [0.3, 0.4) is 0 Å². The van der Waals surface area contributed by atoms with Crippen molar-refractivity contribution in [3.63, 3.8) is 0 Å². The molecule has 0 radical (unpaired) electrons. The van der Waals surface area contributed by atoms with Gasteiger partial charge in [-0.15, -0.1) is 0 Å². The molecule has 2 unspecified atom stereocenters. The molecule has 1 saturated heterocycles. The average molecular weight is 331 g/mol. The van der Waals surface area contributed by atoms with Crippen molar-refractivity contribution < 1.29 is 19.5 Å². The van der Waals surface area contributed by atoms with Gasteiger partial charge in [0.25, 0.3) is 0 Å². The molecule has 2 atom stereocenters. The Morgan fingerprint density at radius 3 is 2.83 bits per heavy atom. The first-order valence-electron chi connectivity index (χ1n) is 8.01. The van der Waals surface area contributed by atoms with Crippen molar-refractivity contribution in [2.24, 2.45) is 5.92 Å². The molecule has 2 aliphatic heterocycles. The Morgan fingerprint density at radius 1 is 1.42 bits per heavy atom. The third-order valence-electron chi connectivity index (χ3n) is 4.95. The molecule has 1 aromatic carbocycles. The van der Waals surface area contributed by atoms with Crippen LogP contribution in [0.15, 0.2) is 18.2 Å². The quantitative estimate of drug-likeness (QED) is 0.710. The van der Waals surface area contributed by atoms with Gasteiger partial charge >= 0.3 is 5.97 Å². The lowest BCUT2D eigenvalue weighted by molar-refractivity contribution is -0.139. The average Bonchev–Trinajstić information content (AvgIpc) is 2.77. The molecule has 0 aromatic heterocycles. The fourth-order valence-electron chi connectivity index (χ4n) is 3.68. The number of carboxylic acid groups (broad SMARTS) is 1. The number of fused-ring (bicyclic) bond motifs is 1. The van der Waals surface area contributed by atoms with Gasteiger partial charge < -0.3 is 10.1 Å². The Hall–Kier alpha value is -2.41. The molecule has 2 heterocycles. The number of benzene rings is 1. The number of aryl methyl sites for hydroxylation is 1. The van der Waals surface area contributed by atoms with E-state index in [-0.39, 0.29) is 24.2 Å². The molecule has 24 heavy (non-hydrogen) atoms. The topological polar surface area (TPSA) is 98.7 Å². The number of aliphatic carboxylic acids is 1. The van der Waals surface area contributed by atoms with Crippen molar-refractivity contribution in [3.8, 4) is 0 Å². The maximum absolute atomic E-state index is 12.3. The Bertz CT molecular complexity index is 718. The van der Waals surface area contributed by atoms with Crippen LogP contribution in [0.5, 0.6) is 0 Å². The van der Waals surface area contributed by atoms with Crippen molar-refractivity contribution >= 4 is 23.5 Å². The van der Waals surface area contributed by atoms with Crippen LogP contribution in [0, 0.1) is 5.92 Å². The molecule has 0 aliphatic carbocycles. The molecule has 1 fully saturated rings. The fraction of sp³-hybridized carbons (Fsp3) is 0.471. The monoisotopic (exact) mass is 331 g/mol. The molecule has 128 valence electrons. The zero-order chi connectivity index (χ0) is 17.5. The van der Waals surface area contributed by atoms with E-state index in [4.69, 9.17) is 5.11 Å². The second kappa shape index (κ2) is 5.90. The van der Waals surface area contributed by atoms with E-state index in [0.29, 0.717) is 19.3 Å². The van der Waals surface area contributed by atoms with Gasteiger partial charge in [0.05, 0.1) is 17.1 Å². The van der Waals surface area contributed by atoms with Crippen molar-refractivity contribution in [1.82, 2.24) is 10.7 Å². The number of carbonyl (C=O) groups is 3. The number of hydrogen-bond donors (Lipinski definition) is 3. The lowest BCUT2D eigenvalue weighted by Gasteiger charge is -2.36. The molecule has 0 spiro atoms. The third kappa shape index (κ3) is 2.75. The maximum atomic E-state index is 12.3. The van der Waals surface area contributed by atoms with Gasteiger partial charge in [0.2, 0.25) is 11.8 Å². The maximum Gasteiger partial charge on any atom is 0.303 e. The summed E-state index contributed by atoms with van der Waals surface area (Å²) in [6.07, 6.45) is 1.39. The molecule has 7 heteroatoms. The fourth-order valence-corrected chi connectivity index (χ4v) is 3.68. The number of amides is 2. The van der Waals surface area contributed by atoms with Crippen LogP contribution < -0.4 is 15.8 Å². The highest BCUT2D eigenvalue weighted by molar-refractivity contribution is 5.99. The minimum Gasteiger partial charge on any atom is -0.481 e. The summed E-state index contributed by atoms with van der Waals surface area (Å²) in [7, 11) is 1.87. The zero-order valence-electron chi connectivity index (χ0n) is 13.8. The number of carbonyl (C=O) groups excluding carboxylic acids is 2. The van der Waals surface area contributed by atoms with E-state index < -0.39 is 11.5 Å². The zero-order valence-corrected chi connectivity index (χ0v) is 13.8. The smallest absolute Gasteiger partial charge is 0.303 e. The Labute approximate surface area is 140 Å². The second-order valence-corrected chi connectivity index (χ2v) is 6.62. The van der Waals surface area contributed by atoms with Gasteiger partial charge in [-0.1, -0.05) is 12.1 Å². The lowest BCUT2D eigenvalue weighted by Crippen LogP contribution is -2.55. The van der Waals surface area contributed by atoms with Crippen molar-refractivity contribution in [1.29, 1.82) is 0 Å². The van der Waals surface area contributed by atoms with Crippen LogP contribution >= 0.6 is 0 Å². The molecule has 7 nitrogen and oxygen atoms in total. The van der Waals surface area contributed by atoms with E-state index in [2.05, 4.69) is 10.7 Å². The number of rotatable bonds is 4. The number of nitrogens with one attached hydrogen (secondary N) is 2. The highest BCUT2D eigenvalue weighted by Crippen LogP contribution is 2.44. The van der Waals surface area contributed by atoms with Gasteiger partial charge in [0.15, 0.2) is 0 Å². The van der Waals surface area contributed by atoms with E-state index in [1.807, 2.05) is 37.2 Å². The first-order valence-corrected chi connectivity index (χ1v) is 8.01. The summed E-state index contributed by atoms with van der Waals surface area (Å²) in [6, 6.07) is 5.82. The summed E-state index contributed by atoms with van der Waals surface area (Å²) in [5.41, 5.74) is 5.61. The normalized spacial score (nSPS) is 26.2. The van der Waals surface area contributed by atoms with Gasteiger partial charge in [0.1, 0.15) is 0 Å². The van der Waals surface area contributed by atoms with Crippen LogP contribution in [-0.4, -0.2) is 29.9 Å². The van der Waals surface area contributed by atoms with Gasteiger partial charge in [-0.05, 0) is 37.0 Å². The van der Waals surface area contributed by atoms with Crippen LogP contribution in [0.4, 0.5) is 5.69 Å². The van der Waals surface area contributed by atoms with E-state index in [1.54, 1.807) is 0 Å². The summed E-state index contributed by atoms with van der Waals surface area (Å²) in [4.78, 5) is 34.5. The Morgan fingerprint density at radius 2 is 2.17 bits per heavy atom. The van der Waals surface area contributed by atoms with Gasteiger partial charge in [-0.3, -0.25) is 19.7 Å². The molecular formula is C17H21N3O4. The van der Waals surface area contributed by atoms with Gasteiger partial charge in [-0.25, -0.2) is 5.43 Å². The van der Waals surface area contributed by atoms with E-state index in [9.17, 15) is 14.4 Å². The summed E-state index contributed by atoms with van der Waals surface area (Å²) >= 11 is 0. The molecule has 3 rings (SSSR count). The van der Waals surface area contributed by atoms with Crippen molar-refractivity contribution in [2.45, 2.75) is 38.1 Å². The number of piperidine rings is 1. The Kier molecular flexibility index (Phi) is 4.04. The highest BCUT2D eigenvalue weighted by Gasteiger charge is 2.48. The Balaban J connectivity index is 1.90. The van der Waals surface area contributed by atoms with Crippen molar-refractivity contribution in [2.75, 3.05) is 12.1 Å². The van der Waals surface area contributed by atoms with E-state index in [1.165, 1.54) is 0 Å². The molecule has 2 aliphatic rings. The lowest BCUT2D eigenvalue weighted by atomic mass is 9.76. The number of anilines is 1. The first-order chi connectivity index (χ1) is 11.3. The molecule has 2 amide bonds. The number of imide groups is 1. The summed E-state index contributed by atoms with van der Waals surface area (Å²) in [5, 5.41) is 13.1. The van der Waals surface area contributed by atoms with Crippen LogP contribution in [0.1, 0.15) is 37.3 Å². The van der Waals surface area contributed by atoms with Crippen molar-refractivity contribution in [3.05, 3.63) is 29.3 Å². The molecular weight excluding hydrogens is 310 g/mol. The van der Waals surface area contributed by atoms with Crippen LogP contribution in [0.25, 0.3) is 0 Å². The minimum atomic E-state index is -0.824. The van der Waals surface area contributed by atoms with E-state index in [0.717, 1.165) is 16.8 Å². The standard InChI is InChI=1S/C17H21N3O4/c1-17(12-6-7-14(21)18-16(12)24)11-5-3-10(4-8-15(22)23)9-13(11)20(2)19-17/h3,5,9,12,19H,4,6-8H2,1-2H3,(H,22,23)(H,18,21,24). The largest absolute Gasteiger partial charge is 0.481 e. The van der Waals surface area contributed by atoms with Gasteiger partial charge in [-0.2, -0.15) is 0 Å². The summed E-state index contributed by atoms with van der Waals surface area (Å²) in [6.45, 7) is 1.96. The summed E-state index contributed by atoms with van der Waals surface area (Å²) in [5.74, 6) is -1.65. The first kappa shape index (κ1) is 16.4. The second-order valence-electron chi connectivity index (χ2n) is 6.62. The predicted octanol–water partition coefficient (Wildman–Crippen LogP) is 0.926. The number of hydrazine groups is 1. The third-order valence-corrected chi connectivity index (χ3v) is 4.95. The minimum absolute atomic E-state index is 0.0837. The highest BCUT2D eigenvalue weighted by atomic mass is 16.4. The number of nitrogens with zero attached hydrogens (tertiary/aromatic N) is 1. The van der Waals surface area contributed by atoms with Crippen LogP contribution in [-0.2, 0) is 26.3 Å². The van der Waals surface area contributed by atoms with Crippen LogP contribution in [0.2, 0.25) is 0 Å². The molecule has 3 N–H and O–H groups in total. The predicted molar refractivity (Wildman–Crippen MR) is 87.2 cm³/mol. The number of hydrogen-bond acceptors (Lipinski definition) is 5. The summed E-state index contributed by atoms with van der Waals surface area (Å²) < 4.78 is 0. The molecule has 0 saturated carbocycles. The SMILES string of the molecule is CN1NC(C)(C2CCC(=O)NC2=O)c2ccc(CCC(=O)O)cc21.